The van der Waals surface area contributed by atoms with E-state index in [4.69, 9.17) is 11.6 Å². The first-order valence-electron chi connectivity index (χ1n) is 6.96. The second kappa shape index (κ2) is 6.89. The van der Waals surface area contributed by atoms with Crippen molar-refractivity contribution in [2.45, 2.75) is 9.79 Å². The zero-order valence-electron chi connectivity index (χ0n) is 12.4. The molecule has 1 N–H and O–H groups in total. The number of anilines is 1. The van der Waals surface area contributed by atoms with Gasteiger partial charge in [0.15, 0.2) is 5.69 Å². The van der Waals surface area contributed by atoms with Gasteiger partial charge in [0.2, 0.25) is 0 Å². The van der Waals surface area contributed by atoms with Crippen molar-refractivity contribution in [1.82, 2.24) is 9.78 Å². The number of carbonyl (C=O) groups excluding carboxylic acids is 1. The fourth-order valence-corrected chi connectivity index (χ4v) is 3.26. The van der Waals surface area contributed by atoms with Gasteiger partial charge in [-0.1, -0.05) is 53.7 Å². The van der Waals surface area contributed by atoms with E-state index in [1.807, 2.05) is 54.6 Å². The molecule has 1 heterocycles. The lowest BCUT2D eigenvalue weighted by atomic mass is 10.3. The Labute approximate surface area is 143 Å². The number of hydrogen-bond acceptors (Lipinski definition) is 3. The van der Waals surface area contributed by atoms with Crippen molar-refractivity contribution in [3.8, 4) is 0 Å². The average Bonchev–Trinajstić information content (AvgIpc) is 2.89. The monoisotopic (exact) mass is 343 g/mol. The summed E-state index contributed by atoms with van der Waals surface area (Å²) >= 11 is 7.61. The Morgan fingerprint density at radius 2 is 1.83 bits per heavy atom. The van der Waals surface area contributed by atoms with Crippen LogP contribution in [0.4, 0.5) is 5.69 Å². The summed E-state index contributed by atoms with van der Waals surface area (Å²) in [6.07, 6.45) is 1.60. The quantitative estimate of drug-likeness (QED) is 0.759. The molecule has 0 unspecified atom stereocenters. The summed E-state index contributed by atoms with van der Waals surface area (Å²) in [5.74, 6) is -0.322. The lowest BCUT2D eigenvalue weighted by molar-refractivity contribution is 0.102. The van der Waals surface area contributed by atoms with Gasteiger partial charge in [0.25, 0.3) is 5.91 Å². The van der Waals surface area contributed by atoms with Crippen LogP contribution in [0.1, 0.15) is 10.5 Å². The maximum absolute atomic E-state index is 12.4. The largest absolute Gasteiger partial charge is 0.319 e. The van der Waals surface area contributed by atoms with Crippen LogP contribution in [-0.4, -0.2) is 15.7 Å². The molecule has 0 aliphatic heterocycles. The number of rotatable bonds is 4. The molecule has 116 valence electrons. The van der Waals surface area contributed by atoms with Gasteiger partial charge in [-0.2, -0.15) is 5.10 Å². The van der Waals surface area contributed by atoms with Crippen LogP contribution in [0.25, 0.3) is 0 Å². The van der Waals surface area contributed by atoms with Crippen LogP contribution in [-0.2, 0) is 7.05 Å². The fourth-order valence-electron chi connectivity index (χ4n) is 2.07. The summed E-state index contributed by atoms with van der Waals surface area (Å²) in [4.78, 5) is 14.4. The molecule has 6 heteroatoms. The van der Waals surface area contributed by atoms with E-state index in [-0.39, 0.29) is 11.6 Å². The molecule has 23 heavy (non-hydrogen) atoms. The molecular formula is C17H14ClN3OS. The van der Waals surface area contributed by atoms with Crippen molar-refractivity contribution in [3.63, 3.8) is 0 Å². The third-order valence-corrected chi connectivity index (χ3v) is 4.47. The predicted octanol–water partition coefficient (Wildman–Crippen LogP) is 4.48. The lowest BCUT2D eigenvalue weighted by Crippen LogP contribution is -2.14. The van der Waals surface area contributed by atoms with Gasteiger partial charge < -0.3 is 5.32 Å². The Hall–Kier alpha value is -2.24. The van der Waals surface area contributed by atoms with Gasteiger partial charge in [0.05, 0.1) is 10.7 Å². The van der Waals surface area contributed by atoms with Crippen LogP contribution in [0.5, 0.6) is 0 Å². The Bertz CT molecular complexity index is 833. The number of nitrogens with zero attached hydrogens (tertiary/aromatic N) is 2. The van der Waals surface area contributed by atoms with E-state index in [0.29, 0.717) is 5.02 Å². The van der Waals surface area contributed by atoms with Crippen LogP contribution < -0.4 is 5.32 Å². The molecule has 0 saturated heterocycles. The standard InChI is InChI=1S/C17H14ClN3OS/c1-21-11-13(18)16(20-21)17(22)19-14-9-5-6-10-15(14)23-12-7-3-2-4-8-12/h2-11H,1H3,(H,19,22). The minimum absolute atomic E-state index is 0.216. The van der Waals surface area contributed by atoms with Crippen LogP contribution in [0.15, 0.2) is 70.6 Å². The number of aryl methyl sites for hydroxylation is 1. The molecule has 1 amide bonds. The lowest BCUT2D eigenvalue weighted by Gasteiger charge is -2.10. The average molecular weight is 344 g/mol. The molecule has 3 rings (SSSR count). The molecule has 1 aromatic heterocycles. The highest BCUT2D eigenvalue weighted by Crippen LogP contribution is 2.33. The minimum atomic E-state index is -0.322. The van der Waals surface area contributed by atoms with Gasteiger partial charge in [-0.3, -0.25) is 9.48 Å². The normalized spacial score (nSPS) is 10.5. The number of nitrogens with one attached hydrogen (secondary N) is 1. The van der Waals surface area contributed by atoms with Crippen LogP contribution in [0, 0.1) is 0 Å². The van der Waals surface area contributed by atoms with Crippen molar-refractivity contribution >= 4 is 35.0 Å². The SMILES string of the molecule is Cn1cc(Cl)c(C(=O)Nc2ccccc2Sc2ccccc2)n1. The van der Waals surface area contributed by atoms with Crippen LogP contribution in [0.2, 0.25) is 5.02 Å². The number of aromatic nitrogens is 2. The highest BCUT2D eigenvalue weighted by Gasteiger charge is 2.16. The first kappa shape index (κ1) is 15.6. The summed E-state index contributed by atoms with van der Waals surface area (Å²) in [7, 11) is 1.72. The number of amides is 1. The molecule has 4 nitrogen and oxygen atoms in total. The second-order valence-electron chi connectivity index (χ2n) is 4.86. The molecule has 0 radical (unpaired) electrons. The Morgan fingerprint density at radius 1 is 1.13 bits per heavy atom. The molecule has 2 aromatic carbocycles. The maximum atomic E-state index is 12.4. The number of carbonyl (C=O) groups is 1. The first-order valence-corrected chi connectivity index (χ1v) is 8.15. The summed E-state index contributed by atoms with van der Waals surface area (Å²) in [6.45, 7) is 0. The number of benzene rings is 2. The van der Waals surface area contributed by atoms with Crippen LogP contribution in [0.3, 0.4) is 0 Å². The van der Waals surface area contributed by atoms with E-state index in [0.717, 1.165) is 15.5 Å². The van der Waals surface area contributed by atoms with Crippen molar-refractivity contribution in [2.75, 3.05) is 5.32 Å². The topological polar surface area (TPSA) is 46.9 Å². The molecule has 0 aliphatic carbocycles. The van der Waals surface area contributed by atoms with Crippen molar-refractivity contribution in [3.05, 3.63) is 71.5 Å². The van der Waals surface area contributed by atoms with Gasteiger partial charge in [-0.15, -0.1) is 0 Å². The summed E-state index contributed by atoms with van der Waals surface area (Å²) < 4.78 is 1.52. The molecule has 0 aliphatic rings. The van der Waals surface area contributed by atoms with E-state index < -0.39 is 0 Å². The van der Waals surface area contributed by atoms with Gasteiger partial charge in [0.1, 0.15) is 0 Å². The van der Waals surface area contributed by atoms with Crippen molar-refractivity contribution in [1.29, 1.82) is 0 Å². The summed E-state index contributed by atoms with van der Waals surface area (Å²) in [5.41, 5.74) is 0.946. The van der Waals surface area contributed by atoms with Gasteiger partial charge >= 0.3 is 0 Å². The smallest absolute Gasteiger partial charge is 0.277 e. The third-order valence-electron chi connectivity index (χ3n) is 3.11. The van der Waals surface area contributed by atoms with Gasteiger partial charge in [-0.05, 0) is 24.3 Å². The van der Waals surface area contributed by atoms with E-state index in [9.17, 15) is 4.79 Å². The van der Waals surface area contributed by atoms with Gasteiger partial charge in [-0.25, -0.2) is 0 Å². The predicted molar refractivity (Wildman–Crippen MR) is 93.2 cm³/mol. The van der Waals surface area contributed by atoms with Crippen molar-refractivity contribution in [2.24, 2.45) is 7.05 Å². The second-order valence-corrected chi connectivity index (χ2v) is 6.39. The summed E-state index contributed by atoms with van der Waals surface area (Å²) in [5, 5.41) is 7.30. The molecule has 0 fully saturated rings. The number of hydrogen-bond donors (Lipinski definition) is 1. The van der Waals surface area contributed by atoms with Gasteiger partial charge in [0, 0.05) is 23.0 Å². The zero-order valence-corrected chi connectivity index (χ0v) is 13.9. The Morgan fingerprint density at radius 3 is 2.52 bits per heavy atom. The Balaban J connectivity index is 1.83. The van der Waals surface area contributed by atoms with E-state index >= 15 is 0 Å². The molecule has 3 aromatic rings. The van der Waals surface area contributed by atoms with E-state index in [2.05, 4.69) is 10.4 Å². The number of halogens is 1. The van der Waals surface area contributed by atoms with E-state index in [1.54, 1.807) is 25.0 Å². The molecule has 0 saturated carbocycles. The summed E-state index contributed by atoms with van der Waals surface area (Å²) in [6, 6.07) is 17.6. The fraction of sp³-hybridized carbons (Fsp3) is 0.0588. The maximum Gasteiger partial charge on any atom is 0.277 e. The zero-order chi connectivity index (χ0) is 16.2. The molecular weight excluding hydrogens is 330 g/mol. The molecule has 0 bridgehead atoms. The first-order chi connectivity index (χ1) is 11.1. The van der Waals surface area contributed by atoms with Crippen molar-refractivity contribution < 1.29 is 4.79 Å². The minimum Gasteiger partial charge on any atom is -0.319 e. The molecule has 0 spiro atoms. The highest BCUT2D eigenvalue weighted by atomic mass is 35.5. The highest BCUT2D eigenvalue weighted by molar-refractivity contribution is 7.99. The van der Waals surface area contributed by atoms with E-state index in [1.165, 1.54) is 4.68 Å². The Kier molecular flexibility index (Phi) is 4.69. The number of para-hydroxylation sites is 1. The molecule has 0 atom stereocenters. The van der Waals surface area contributed by atoms with Crippen LogP contribution >= 0.6 is 23.4 Å². The third kappa shape index (κ3) is 3.75.